The highest BCUT2D eigenvalue weighted by Crippen LogP contribution is 2.22. The van der Waals surface area contributed by atoms with Gasteiger partial charge in [-0.25, -0.2) is 8.42 Å². The van der Waals surface area contributed by atoms with Crippen LogP contribution in [0, 0.1) is 0 Å². The number of carbonyl (C=O) groups is 1. The zero-order valence-corrected chi connectivity index (χ0v) is 14.2. The Balaban J connectivity index is 3.11. The standard InChI is InChI=1S/C12H16ClN3O3S2/c1-15(2)11(17)7-16(3)21(18,19)8-4-5-9(12(14)20)10(13)6-8/h4-6H,7H2,1-3H3,(H2,14,20). The van der Waals surface area contributed by atoms with E-state index < -0.39 is 10.0 Å². The molecule has 1 amide bonds. The molecule has 0 bridgehead atoms. The highest BCUT2D eigenvalue weighted by molar-refractivity contribution is 7.89. The first kappa shape index (κ1) is 17.8. The van der Waals surface area contributed by atoms with Crippen molar-refractivity contribution in [1.29, 1.82) is 0 Å². The third-order valence-corrected chi connectivity index (χ3v) is 5.10. The largest absolute Gasteiger partial charge is 0.389 e. The van der Waals surface area contributed by atoms with Crippen LogP contribution in [0.1, 0.15) is 5.56 Å². The summed E-state index contributed by atoms with van der Waals surface area (Å²) in [5, 5.41) is 0.149. The van der Waals surface area contributed by atoms with Crippen LogP contribution in [0.5, 0.6) is 0 Å². The van der Waals surface area contributed by atoms with E-state index in [9.17, 15) is 13.2 Å². The summed E-state index contributed by atoms with van der Waals surface area (Å²) >= 11 is 10.8. The van der Waals surface area contributed by atoms with Gasteiger partial charge in [0.25, 0.3) is 0 Å². The van der Waals surface area contributed by atoms with Crippen LogP contribution in [-0.2, 0) is 14.8 Å². The Morgan fingerprint density at radius 3 is 2.33 bits per heavy atom. The molecule has 0 aliphatic heterocycles. The van der Waals surface area contributed by atoms with Crippen LogP contribution in [0.15, 0.2) is 23.1 Å². The van der Waals surface area contributed by atoms with Gasteiger partial charge in [-0.2, -0.15) is 4.31 Å². The molecule has 1 rings (SSSR count). The van der Waals surface area contributed by atoms with Gasteiger partial charge in [0, 0.05) is 26.7 Å². The van der Waals surface area contributed by atoms with Crippen molar-refractivity contribution in [3.8, 4) is 0 Å². The van der Waals surface area contributed by atoms with Gasteiger partial charge in [0.1, 0.15) is 4.99 Å². The minimum absolute atomic E-state index is 0.0263. The van der Waals surface area contributed by atoms with E-state index in [0.29, 0.717) is 5.56 Å². The number of halogens is 1. The van der Waals surface area contributed by atoms with Gasteiger partial charge in [0.15, 0.2) is 0 Å². The summed E-state index contributed by atoms with van der Waals surface area (Å²) in [5.74, 6) is -0.327. The molecule has 1 aromatic rings. The van der Waals surface area contributed by atoms with E-state index in [1.165, 1.54) is 30.1 Å². The number of hydrogen-bond donors (Lipinski definition) is 1. The van der Waals surface area contributed by atoms with Gasteiger partial charge in [0.05, 0.1) is 16.5 Å². The first-order valence-corrected chi connectivity index (χ1v) is 8.06. The first-order valence-electron chi connectivity index (χ1n) is 5.83. The van der Waals surface area contributed by atoms with Crippen molar-refractivity contribution in [2.24, 2.45) is 5.73 Å². The third-order valence-electron chi connectivity index (χ3n) is 2.77. The fourth-order valence-corrected chi connectivity index (χ4v) is 3.18. The maximum atomic E-state index is 12.4. The smallest absolute Gasteiger partial charge is 0.243 e. The minimum Gasteiger partial charge on any atom is -0.389 e. The summed E-state index contributed by atoms with van der Waals surface area (Å²) in [5.41, 5.74) is 5.87. The number of nitrogens with zero attached hydrogens (tertiary/aromatic N) is 2. The molecule has 0 saturated carbocycles. The van der Waals surface area contributed by atoms with E-state index in [0.717, 1.165) is 4.31 Å². The molecule has 0 aliphatic carbocycles. The van der Waals surface area contributed by atoms with Crippen molar-refractivity contribution in [2.75, 3.05) is 27.7 Å². The Bertz CT molecular complexity index is 674. The van der Waals surface area contributed by atoms with Crippen molar-refractivity contribution in [3.05, 3.63) is 28.8 Å². The van der Waals surface area contributed by atoms with E-state index in [-0.39, 0.29) is 27.4 Å². The molecule has 1 aromatic carbocycles. The van der Waals surface area contributed by atoms with Gasteiger partial charge < -0.3 is 10.6 Å². The van der Waals surface area contributed by atoms with E-state index in [1.54, 1.807) is 14.1 Å². The zero-order valence-electron chi connectivity index (χ0n) is 11.8. The molecular formula is C12H16ClN3O3S2. The molecule has 9 heteroatoms. The van der Waals surface area contributed by atoms with Gasteiger partial charge in [0.2, 0.25) is 15.9 Å². The number of nitrogens with two attached hydrogens (primary N) is 1. The molecule has 0 heterocycles. The van der Waals surface area contributed by atoms with Crippen molar-refractivity contribution in [2.45, 2.75) is 4.90 Å². The topological polar surface area (TPSA) is 83.7 Å². The third kappa shape index (κ3) is 4.13. The monoisotopic (exact) mass is 349 g/mol. The molecule has 0 radical (unpaired) electrons. The number of sulfonamides is 1. The summed E-state index contributed by atoms with van der Waals surface area (Å²) in [6, 6.07) is 4.06. The van der Waals surface area contributed by atoms with Crippen LogP contribution in [-0.4, -0.2) is 56.2 Å². The lowest BCUT2D eigenvalue weighted by Gasteiger charge is -2.19. The first-order chi connectivity index (χ1) is 9.57. The highest BCUT2D eigenvalue weighted by atomic mass is 35.5. The molecule has 116 valence electrons. The normalized spacial score (nSPS) is 11.5. The number of rotatable bonds is 5. The Morgan fingerprint density at radius 2 is 1.90 bits per heavy atom. The van der Waals surface area contributed by atoms with E-state index in [2.05, 4.69) is 0 Å². The molecule has 21 heavy (non-hydrogen) atoms. The predicted molar refractivity (Wildman–Crippen MR) is 85.8 cm³/mol. The Hall–Kier alpha value is -1.22. The Labute approximate surface area is 134 Å². The van der Waals surface area contributed by atoms with E-state index in [4.69, 9.17) is 29.6 Å². The number of likely N-dealkylation sites (N-methyl/N-ethyl adjacent to an activating group) is 2. The Morgan fingerprint density at radius 1 is 1.33 bits per heavy atom. The summed E-state index contributed by atoms with van der Waals surface area (Å²) in [7, 11) is 0.615. The molecule has 6 nitrogen and oxygen atoms in total. The summed E-state index contributed by atoms with van der Waals surface area (Å²) in [6.07, 6.45) is 0. The second kappa shape index (κ2) is 6.69. The number of hydrogen-bond acceptors (Lipinski definition) is 4. The van der Waals surface area contributed by atoms with Gasteiger partial charge in [-0.05, 0) is 18.2 Å². The second-order valence-electron chi connectivity index (χ2n) is 4.56. The molecule has 0 spiro atoms. The number of benzene rings is 1. The molecule has 0 saturated heterocycles. The van der Waals surface area contributed by atoms with Crippen LogP contribution < -0.4 is 5.73 Å². The number of thiocarbonyl (C=S) groups is 1. The SMILES string of the molecule is CN(C)C(=O)CN(C)S(=O)(=O)c1ccc(C(N)=S)c(Cl)c1. The average molecular weight is 350 g/mol. The molecule has 2 N–H and O–H groups in total. The Kier molecular flexibility index (Phi) is 5.68. The lowest BCUT2D eigenvalue weighted by molar-refractivity contribution is -0.128. The van der Waals surface area contributed by atoms with Gasteiger partial charge in [-0.15, -0.1) is 0 Å². The van der Waals surface area contributed by atoms with Crippen LogP contribution >= 0.6 is 23.8 Å². The lowest BCUT2D eigenvalue weighted by atomic mass is 10.2. The molecule has 0 unspecified atom stereocenters. The maximum absolute atomic E-state index is 12.4. The molecular weight excluding hydrogens is 334 g/mol. The van der Waals surface area contributed by atoms with E-state index in [1.807, 2.05) is 0 Å². The number of amides is 1. The lowest BCUT2D eigenvalue weighted by Crippen LogP contribution is -2.37. The molecule has 0 atom stereocenters. The number of carbonyl (C=O) groups excluding carboxylic acids is 1. The predicted octanol–water partition coefficient (Wildman–Crippen LogP) is 0.683. The fourth-order valence-electron chi connectivity index (χ4n) is 1.45. The molecule has 0 fully saturated rings. The summed E-state index contributed by atoms with van der Waals surface area (Å²) in [4.78, 5) is 13.0. The van der Waals surface area contributed by atoms with Crippen molar-refractivity contribution >= 4 is 44.7 Å². The van der Waals surface area contributed by atoms with Crippen LogP contribution in [0.25, 0.3) is 0 Å². The second-order valence-corrected chi connectivity index (χ2v) is 7.45. The van der Waals surface area contributed by atoms with Gasteiger partial charge in [-0.1, -0.05) is 23.8 Å². The van der Waals surface area contributed by atoms with Crippen LogP contribution in [0.3, 0.4) is 0 Å². The van der Waals surface area contributed by atoms with Gasteiger partial charge in [-0.3, -0.25) is 4.79 Å². The van der Waals surface area contributed by atoms with Crippen molar-refractivity contribution < 1.29 is 13.2 Å². The van der Waals surface area contributed by atoms with Gasteiger partial charge >= 0.3 is 0 Å². The minimum atomic E-state index is -3.82. The zero-order chi connectivity index (χ0) is 16.4. The maximum Gasteiger partial charge on any atom is 0.243 e. The summed E-state index contributed by atoms with van der Waals surface area (Å²) in [6.45, 7) is -0.260. The summed E-state index contributed by atoms with van der Waals surface area (Å²) < 4.78 is 25.7. The molecule has 0 aromatic heterocycles. The average Bonchev–Trinajstić information content (AvgIpc) is 2.37. The highest BCUT2D eigenvalue weighted by Gasteiger charge is 2.24. The van der Waals surface area contributed by atoms with E-state index >= 15 is 0 Å². The quantitative estimate of drug-likeness (QED) is 0.790. The van der Waals surface area contributed by atoms with Crippen molar-refractivity contribution in [1.82, 2.24) is 9.21 Å². The fraction of sp³-hybridized carbons (Fsp3) is 0.333. The van der Waals surface area contributed by atoms with Crippen molar-refractivity contribution in [3.63, 3.8) is 0 Å². The van der Waals surface area contributed by atoms with Crippen LogP contribution in [0.2, 0.25) is 5.02 Å². The van der Waals surface area contributed by atoms with Crippen LogP contribution in [0.4, 0.5) is 0 Å². The molecule has 0 aliphatic rings.